The highest BCUT2D eigenvalue weighted by atomic mass is 16.5. The molecule has 2 amide bonds. The molecular weight excluding hydrogens is 412 g/mol. The zero-order valence-electron chi connectivity index (χ0n) is 20.3. The van der Waals surface area contributed by atoms with Crippen molar-refractivity contribution in [3.8, 4) is 0 Å². The quantitative estimate of drug-likeness (QED) is 0.178. The molecule has 8 nitrogen and oxygen atoms in total. The van der Waals surface area contributed by atoms with E-state index in [1.54, 1.807) is 6.92 Å². The normalized spacial score (nSPS) is 10.4. The van der Waals surface area contributed by atoms with E-state index in [4.69, 9.17) is 5.11 Å². The summed E-state index contributed by atoms with van der Waals surface area (Å²) in [7, 11) is 1.25. The van der Waals surface area contributed by atoms with Gasteiger partial charge in [0.1, 0.15) is 11.4 Å². The molecule has 0 saturated heterocycles. The number of rotatable bonds is 16. The van der Waals surface area contributed by atoms with Crippen molar-refractivity contribution in [2.24, 2.45) is 0 Å². The number of hydrogen-bond donors (Lipinski definition) is 3. The molecule has 0 aromatic heterocycles. The number of carbonyl (C=O) groups excluding carboxylic acids is 3. The average Bonchev–Trinajstić information content (AvgIpc) is 2.76. The van der Waals surface area contributed by atoms with Crippen LogP contribution >= 0.6 is 0 Å². The molecule has 0 aromatic carbocycles. The van der Waals surface area contributed by atoms with E-state index in [-0.39, 0.29) is 23.2 Å². The number of nitrogens with one attached hydrogen (secondary N) is 2. The third-order valence-electron chi connectivity index (χ3n) is 4.53. The van der Waals surface area contributed by atoms with Gasteiger partial charge in [-0.05, 0) is 19.8 Å². The van der Waals surface area contributed by atoms with Gasteiger partial charge in [-0.3, -0.25) is 9.59 Å². The first-order chi connectivity index (χ1) is 15.2. The van der Waals surface area contributed by atoms with Crippen LogP contribution in [0.1, 0.15) is 97.8 Å². The fourth-order valence-corrected chi connectivity index (χ4v) is 2.65. The maximum Gasteiger partial charge on any atom is 0.353 e. The van der Waals surface area contributed by atoms with Crippen LogP contribution in [0.3, 0.4) is 0 Å². The predicted molar refractivity (Wildman–Crippen MR) is 126 cm³/mol. The predicted octanol–water partition coefficient (Wildman–Crippen LogP) is 4.60. The standard InChI is InChI=1S/2C12H21NO3/c1-4-5-6-7-8-9-11(14)13-10(2)12(15)16-3;1-3-5-6-7-8-9-11(14)13-10(4-2)12(15)16/h2,4-9H2,1,3H3,(H,13,14);4H,3,5-9H2,1-2H3,(H,13,14)(H,15,16). The Kier molecular flexibility index (Phi) is 21.3. The Morgan fingerprint density at radius 3 is 1.62 bits per heavy atom. The van der Waals surface area contributed by atoms with E-state index in [0.29, 0.717) is 12.8 Å². The van der Waals surface area contributed by atoms with Gasteiger partial charge in [0, 0.05) is 12.8 Å². The van der Waals surface area contributed by atoms with E-state index in [1.807, 2.05) is 0 Å². The maximum atomic E-state index is 11.3. The lowest BCUT2D eigenvalue weighted by molar-refractivity contribution is -0.137. The zero-order valence-corrected chi connectivity index (χ0v) is 20.3. The molecule has 3 N–H and O–H groups in total. The number of hydrogen-bond acceptors (Lipinski definition) is 5. The number of esters is 1. The fourth-order valence-electron chi connectivity index (χ4n) is 2.65. The van der Waals surface area contributed by atoms with Gasteiger partial charge in [0.15, 0.2) is 0 Å². The van der Waals surface area contributed by atoms with Gasteiger partial charge in [-0.1, -0.05) is 77.9 Å². The zero-order chi connectivity index (χ0) is 24.8. The number of carbonyl (C=O) groups is 4. The largest absolute Gasteiger partial charge is 0.477 e. The first-order valence-corrected chi connectivity index (χ1v) is 11.5. The second-order valence-electron chi connectivity index (χ2n) is 7.40. The highest BCUT2D eigenvalue weighted by Gasteiger charge is 2.10. The van der Waals surface area contributed by atoms with Crippen LogP contribution in [0.25, 0.3) is 0 Å². The lowest BCUT2D eigenvalue weighted by atomic mass is 10.1. The van der Waals surface area contributed by atoms with E-state index in [2.05, 4.69) is 35.8 Å². The highest BCUT2D eigenvalue weighted by Crippen LogP contribution is 2.06. The highest BCUT2D eigenvalue weighted by molar-refractivity contribution is 5.93. The number of amides is 2. The summed E-state index contributed by atoms with van der Waals surface area (Å²) in [5, 5.41) is 13.5. The Labute approximate surface area is 192 Å². The summed E-state index contributed by atoms with van der Waals surface area (Å²) < 4.78 is 4.42. The van der Waals surface area contributed by atoms with Crippen LogP contribution in [0.4, 0.5) is 0 Å². The van der Waals surface area contributed by atoms with Gasteiger partial charge in [-0.15, -0.1) is 0 Å². The Morgan fingerprint density at radius 2 is 1.25 bits per heavy atom. The summed E-state index contributed by atoms with van der Waals surface area (Å²) in [4.78, 5) is 44.2. The molecule has 0 aliphatic rings. The first-order valence-electron chi connectivity index (χ1n) is 11.5. The molecule has 0 aliphatic heterocycles. The van der Waals surface area contributed by atoms with E-state index in [9.17, 15) is 19.2 Å². The first kappa shape index (κ1) is 31.5. The minimum atomic E-state index is -1.10. The SMILES string of the molecule is C=C(NC(=O)CCCCCCC)C(=O)OC.CC=C(NC(=O)CCCCCCC)C(=O)O. The molecule has 0 fully saturated rings. The van der Waals surface area contributed by atoms with Crippen molar-refractivity contribution in [1.82, 2.24) is 10.6 Å². The molecule has 0 atom stereocenters. The number of methoxy groups -OCH3 is 1. The fraction of sp³-hybridized carbons (Fsp3) is 0.667. The second-order valence-corrected chi connectivity index (χ2v) is 7.40. The molecule has 0 heterocycles. The summed E-state index contributed by atoms with van der Waals surface area (Å²) in [6, 6.07) is 0. The Morgan fingerprint density at radius 1 is 0.812 bits per heavy atom. The summed E-state index contributed by atoms with van der Waals surface area (Å²) in [6.45, 7) is 9.29. The van der Waals surface area contributed by atoms with E-state index in [0.717, 1.165) is 38.5 Å². The average molecular weight is 455 g/mol. The number of aliphatic carboxylic acids is 1. The Hall–Kier alpha value is -2.64. The number of carboxylic acids is 1. The third-order valence-corrected chi connectivity index (χ3v) is 4.53. The lowest BCUT2D eigenvalue weighted by Crippen LogP contribution is -2.27. The molecule has 32 heavy (non-hydrogen) atoms. The van der Waals surface area contributed by atoms with Crippen molar-refractivity contribution >= 4 is 23.8 Å². The number of carboxylic acid groups (broad SMARTS) is 1. The van der Waals surface area contributed by atoms with Crippen molar-refractivity contribution in [3.63, 3.8) is 0 Å². The maximum absolute atomic E-state index is 11.3. The molecule has 0 aromatic rings. The van der Waals surface area contributed by atoms with Gasteiger partial charge in [0.25, 0.3) is 0 Å². The minimum Gasteiger partial charge on any atom is -0.477 e. The minimum absolute atomic E-state index is 0.000980. The van der Waals surface area contributed by atoms with Crippen LogP contribution in [-0.4, -0.2) is 36.0 Å². The number of allylic oxidation sites excluding steroid dienone is 1. The second kappa shape index (κ2) is 21.6. The van der Waals surface area contributed by atoms with Crippen LogP contribution in [0.5, 0.6) is 0 Å². The van der Waals surface area contributed by atoms with E-state index < -0.39 is 11.9 Å². The monoisotopic (exact) mass is 454 g/mol. The van der Waals surface area contributed by atoms with Gasteiger partial charge in [-0.25, -0.2) is 9.59 Å². The summed E-state index contributed by atoms with van der Waals surface area (Å²) in [5.74, 6) is -2.08. The van der Waals surface area contributed by atoms with Crippen LogP contribution < -0.4 is 10.6 Å². The molecule has 0 rings (SSSR count). The summed E-state index contributed by atoms with van der Waals surface area (Å²) in [5.41, 5.74) is -0.0420. The number of unbranched alkanes of at least 4 members (excludes halogenated alkanes) is 8. The van der Waals surface area contributed by atoms with Crippen molar-refractivity contribution < 1.29 is 29.0 Å². The van der Waals surface area contributed by atoms with Gasteiger partial charge < -0.3 is 20.5 Å². The van der Waals surface area contributed by atoms with Crippen LogP contribution in [-0.2, 0) is 23.9 Å². The number of ether oxygens (including phenoxy) is 1. The van der Waals surface area contributed by atoms with Crippen molar-refractivity contribution in [2.45, 2.75) is 97.8 Å². The smallest absolute Gasteiger partial charge is 0.353 e. The summed E-state index contributed by atoms with van der Waals surface area (Å²) >= 11 is 0. The topological polar surface area (TPSA) is 122 Å². The van der Waals surface area contributed by atoms with Crippen molar-refractivity contribution in [2.75, 3.05) is 7.11 Å². The van der Waals surface area contributed by atoms with Crippen LogP contribution in [0.2, 0.25) is 0 Å². The Bertz CT molecular complexity index is 614. The van der Waals surface area contributed by atoms with Crippen LogP contribution in [0.15, 0.2) is 24.0 Å². The molecule has 0 radical (unpaired) electrons. The molecule has 0 aliphatic carbocycles. The summed E-state index contributed by atoms with van der Waals surface area (Å²) in [6.07, 6.45) is 13.0. The van der Waals surface area contributed by atoms with Gasteiger partial charge in [0.05, 0.1) is 7.11 Å². The van der Waals surface area contributed by atoms with Crippen LogP contribution in [0, 0.1) is 0 Å². The van der Waals surface area contributed by atoms with Gasteiger partial charge >= 0.3 is 11.9 Å². The molecule has 8 heteroatoms. The third kappa shape index (κ3) is 19.3. The van der Waals surface area contributed by atoms with E-state index >= 15 is 0 Å². The molecule has 0 unspecified atom stereocenters. The van der Waals surface area contributed by atoms with Gasteiger partial charge in [-0.2, -0.15) is 0 Å². The van der Waals surface area contributed by atoms with Crippen molar-refractivity contribution in [3.05, 3.63) is 24.0 Å². The molecule has 0 spiro atoms. The molecule has 0 bridgehead atoms. The van der Waals surface area contributed by atoms with Gasteiger partial charge in [0.2, 0.25) is 11.8 Å². The Balaban J connectivity index is 0. The van der Waals surface area contributed by atoms with E-state index in [1.165, 1.54) is 38.9 Å². The van der Waals surface area contributed by atoms with Crippen molar-refractivity contribution in [1.29, 1.82) is 0 Å². The molecule has 184 valence electrons. The molecule has 0 saturated carbocycles. The molecular formula is C24H42N2O6. The lowest BCUT2D eigenvalue weighted by Gasteiger charge is -2.05.